The van der Waals surface area contributed by atoms with E-state index in [4.69, 9.17) is 5.73 Å². The maximum absolute atomic E-state index is 12.2. The number of aromatic nitrogens is 3. The molecule has 0 bridgehead atoms. The number of benzene rings is 1. The van der Waals surface area contributed by atoms with Gasteiger partial charge in [0.15, 0.2) is 5.82 Å². The normalized spacial score (nSPS) is 18.0. The van der Waals surface area contributed by atoms with Gasteiger partial charge >= 0.3 is 0 Å². The maximum Gasteiger partial charge on any atom is 0.256 e. The Labute approximate surface area is 146 Å². The molecular formula is C17H22N6O2. The van der Waals surface area contributed by atoms with Gasteiger partial charge < -0.3 is 11.1 Å². The zero-order valence-corrected chi connectivity index (χ0v) is 14.2. The number of carbonyl (C=O) groups is 2. The van der Waals surface area contributed by atoms with E-state index in [1.165, 1.54) is 4.68 Å². The number of anilines is 1. The molecule has 0 aliphatic carbocycles. The fourth-order valence-electron chi connectivity index (χ4n) is 3.04. The number of carbonyl (C=O) groups excluding carboxylic acids is 2. The number of likely N-dealkylation sites (tertiary alicyclic amines) is 1. The van der Waals surface area contributed by atoms with Gasteiger partial charge in [0.2, 0.25) is 5.91 Å². The van der Waals surface area contributed by atoms with Crippen molar-refractivity contribution in [1.29, 1.82) is 0 Å². The zero-order chi connectivity index (χ0) is 17.8. The summed E-state index contributed by atoms with van der Waals surface area (Å²) < 4.78 is 1.52. The predicted molar refractivity (Wildman–Crippen MR) is 92.6 cm³/mol. The minimum atomic E-state index is -0.223. The maximum atomic E-state index is 12.2. The Balaban J connectivity index is 1.58. The van der Waals surface area contributed by atoms with Crippen LogP contribution in [0.2, 0.25) is 0 Å². The van der Waals surface area contributed by atoms with Crippen molar-refractivity contribution in [2.45, 2.75) is 19.4 Å². The molecule has 8 heteroatoms. The van der Waals surface area contributed by atoms with Crippen molar-refractivity contribution in [1.82, 2.24) is 19.9 Å². The molecule has 1 aliphatic rings. The van der Waals surface area contributed by atoms with Gasteiger partial charge in [-0.25, -0.2) is 0 Å². The molecule has 0 saturated carbocycles. The topological polar surface area (TPSA) is 106 Å². The Hall–Kier alpha value is -2.74. The summed E-state index contributed by atoms with van der Waals surface area (Å²) in [7, 11) is 1.74. The zero-order valence-electron chi connectivity index (χ0n) is 14.2. The largest absolute Gasteiger partial charge is 0.369 e. The molecule has 3 rings (SSSR count). The van der Waals surface area contributed by atoms with E-state index in [1.807, 2.05) is 12.1 Å². The van der Waals surface area contributed by atoms with E-state index in [0.29, 0.717) is 17.9 Å². The Kier molecular flexibility index (Phi) is 5.08. The van der Waals surface area contributed by atoms with Gasteiger partial charge in [-0.15, -0.1) is 5.10 Å². The van der Waals surface area contributed by atoms with Crippen molar-refractivity contribution in [2.24, 2.45) is 18.7 Å². The average molecular weight is 342 g/mol. The summed E-state index contributed by atoms with van der Waals surface area (Å²) in [6.45, 7) is 2.40. The van der Waals surface area contributed by atoms with E-state index in [1.54, 1.807) is 25.4 Å². The van der Waals surface area contributed by atoms with E-state index in [2.05, 4.69) is 20.5 Å². The SMILES string of the molecule is Cn1cc(NC(=O)c2ccc(CN3CCC[C@@H](C(N)=O)C3)cc2)nn1. The van der Waals surface area contributed by atoms with E-state index in [0.717, 1.165) is 31.5 Å². The van der Waals surface area contributed by atoms with Crippen LogP contribution in [0.3, 0.4) is 0 Å². The summed E-state index contributed by atoms with van der Waals surface area (Å²) in [6.07, 6.45) is 3.48. The number of nitrogens with zero attached hydrogens (tertiary/aromatic N) is 4. The smallest absolute Gasteiger partial charge is 0.256 e. The number of amides is 2. The van der Waals surface area contributed by atoms with Crippen LogP contribution < -0.4 is 11.1 Å². The molecular weight excluding hydrogens is 320 g/mol. The molecule has 2 aromatic rings. The third-order valence-electron chi connectivity index (χ3n) is 4.37. The number of primary amides is 1. The molecule has 0 spiro atoms. The molecule has 2 amide bonds. The highest BCUT2D eigenvalue weighted by molar-refractivity contribution is 6.03. The summed E-state index contributed by atoms with van der Waals surface area (Å²) in [4.78, 5) is 25.8. The van der Waals surface area contributed by atoms with Crippen LogP contribution in [0.5, 0.6) is 0 Å². The average Bonchev–Trinajstić information content (AvgIpc) is 3.00. The molecule has 1 saturated heterocycles. The first-order valence-corrected chi connectivity index (χ1v) is 8.29. The van der Waals surface area contributed by atoms with Crippen LogP contribution in [0.1, 0.15) is 28.8 Å². The lowest BCUT2D eigenvalue weighted by Gasteiger charge is -2.31. The van der Waals surface area contributed by atoms with Crippen molar-refractivity contribution in [3.05, 3.63) is 41.6 Å². The highest BCUT2D eigenvalue weighted by Gasteiger charge is 2.23. The Morgan fingerprint density at radius 1 is 1.32 bits per heavy atom. The van der Waals surface area contributed by atoms with Gasteiger partial charge in [0.1, 0.15) is 0 Å². The molecule has 132 valence electrons. The van der Waals surface area contributed by atoms with Crippen molar-refractivity contribution < 1.29 is 9.59 Å². The van der Waals surface area contributed by atoms with Crippen LogP contribution in [0.25, 0.3) is 0 Å². The highest BCUT2D eigenvalue weighted by atomic mass is 16.2. The Morgan fingerprint density at radius 2 is 2.08 bits per heavy atom. The molecule has 3 N–H and O–H groups in total. The highest BCUT2D eigenvalue weighted by Crippen LogP contribution is 2.18. The quantitative estimate of drug-likeness (QED) is 0.834. The van der Waals surface area contributed by atoms with E-state index >= 15 is 0 Å². The van der Waals surface area contributed by atoms with E-state index in [9.17, 15) is 9.59 Å². The second-order valence-electron chi connectivity index (χ2n) is 6.41. The molecule has 1 aromatic carbocycles. The van der Waals surface area contributed by atoms with Crippen molar-refractivity contribution >= 4 is 17.6 Å². The molecule has 1 aliphatic heterocycles. The number of nitrogens with one attached hydrogen (secondary N) is 1. The molecule has 1 atom stereocenters. The van der Waals surface area contributed by atoms with Crippen LogP contribution in [-0.2, 0) is 18.4 Å². The summed E-state index contributed by atoms with van der Waals surface area (Å²) in [6, 6.07) is 7.44. The van der Waals surface area contributed by atoms with E-state index in [-0.39, 0.29) is 17.7 Å². The summed E-state index contributed by atoms with van der Waals surface area (Å²) in [5, 5.41) is 10.3. The number of aryl methyl sites for hydroxylation is 1. The molecule has 1 fully saturated rings. The van der Waals surface area contributed by atoms with Gasteiger partial charge in [-0.1, -0.05) is 17.3 Å². The minimum absolute atomic E-state index is 0.0641. The van der Waals surface area contributed by atoms with Crippen molar-refractivity contribution in [2.75, 3.05) is 18.4 Å². The Morgan fingerprint density at radius 3 is 2.72 bits per heavy atom. The van der Waals surface area contributed by atoms with Crippen LogP contribution in [-0.4, -0.2) is 44.8 Å². The number of nitrogens with two attached hydrogens (primary N) is 1. The van der Waals surface area contributed by atoms with Gasteiger partial charge in [0.05, 0.1) is 12.1 Å². The second kappa shape index (κ2) is 7.43. The predicted octanol–water partition coefficient (Wildman–Crippen LogP) is 0.765. The van der Waals surface area contributed by atoms with Gasteiger partial charge in [-0.3, -0.25) is 19.2 Å². The lowest BCUT2D eigenvalue weighted by molar-refractivity contribution is -0.123. The summed E-state index contributed by atoms with van der Waals surface area (Å²) >= 11 is 0. The summed E-state index contributed by atoms with van der Waals surface area (Å²) in [5.74, 6) is -0.0901. The van der Waals surface area contributed by atoms with Crippen LogP contribution in [0.4, 0.5) is 5.82 Å². The lowest BCUT2D eigenvalue weighted by atomic mass is 9.97. The second-order valence-corrected chi connectivity index (χ2v) is 6.41. The minimum Gasteiger partial charge on any atom is -0.369 e. The molecule has 0 radical (unpaired) electrons. The summed E-state index contributed by atoms with van der Waals surface area (Å²) in [5.41, 5.74) is 7.08. The molecule has 2 heterocycles. The number of hydrogen-bond donors (Lipinski definition) is 2. The first-order chi connectivity index (χ1) is 12.0. The van der Waals surface area contributed by atoms with Crippen LogP contribution >= 0.6 is 0 Å². The van der Waals surface area contributed by atoms with Gasteiger partial charge in [0, 0.05) is 25.7 Å². The standard InChI is InChI=1S/C17H22N6O2/c1-22-11-15(20-21-22)19-17(25)13-6-4-12(5-7-13)9-23-8-2-3-14(10-23)16(18)24/h4-7,11,14H,2-3,8-10H2,1H3,(H2,18,24)(H,19,25)/t14-/m1/s1. The third-order valence-corrected chi connectivity index (χ3v) is 4.37. The van der Waals surface area contributed by atoms with Gasteiger partial charge in [-0.05, 0) is 37.1 Å². The molecule has 25 heavy (non-hydrogen) atoms. The molecule has 0 unspecified atom stereocenters. The number of rotatable bonds is 5. The number of piperidine rings is 1. The fraction of sp³-hybridized carbons (Fsp3) is 0.412. The lowest BCUT2D eigenvalue weighted by Crippen LogP contribution is -2.40. The van der Waals surface area contributed by atoms with Crippen molar-refractivity contribution in [3.8, 4) is 0 Å². The van der Waals surface area contributed by atoms with Crippen LogP contribution in [0, 0.1) is 5.92 Å². The van der Waals surface area contributed by atoms with Gasteiger partial charge in [-0.2, -0.15) is 0 Å². The number of hydrogen-bond acceptors (Lipinski definition) is 5. The molecule has 1 aromatic heterocycles. The van der Waals surface area contributed by atoms with Gasteiger partial charge in [0.25, 0.3) is 5.91 Å². The van der Waals surface area contributed by atoms with Crippen molar-refractivity contribution in [3.63, 3.8) is 0 Å². The first-order valence-electron chi connectivity index (χ1n) is 8.29. The van der Waals surface area contributed by atoms with E-state index < -0.39 is 0 Å². The fourth-order valence-corrected chi connectivity index (χ4v) is 3.04. The Bertz CT molecular complexity index is 755. The first kappa shape index (κ1) is 17.1. The third kappa shape index (κ3) is 4.42. The monoisotopic (exact) mass is 342 g/mol. The molecule has 8 nitrogen and oxygen atoms in total. The van der Waals surface area contributed by atoms with Crippen LogP contribution in [0.15, 0.2) is 30.5 Å².